The molecule has 0 unspecified atom stereocenters. The van der Waals surface area contributed by atoms with Gasteiger partial charge in [-0.15, -0.1) is 12.4 Å². The van der Waals surface area contributed by atoms with Crippen LogP contribution in [0.4, 0.5) is 0 Å². The van der Waals surface area contributed by atoms with Gasteiger partial charge in [0, 0.05) is 25.7 Å². The predicted molar refractivity (Wildman–Crippen MR) is 71.0 cm³/mol. The van der Waals surface area contributed by atoms with E-state index < -0.39 is 0 Å². The Morgan fingerprint density at radius 1 is 1.31 bits per heavy atom. The Hall–Kier alpha value is -0.570. The fourth-order valence-electron chi connectivity index (χ4n) is 2.17. The second-order valence-electron chi connectivity index (χ2n) is 4.70. The van der Waals surface area contributed by atoms with Crippen LogP contribution in [0.3, 0.4) is 0 Å². The molecule has 0 aromatic heterocycles. The maximum atomic E-state index is 5.89. The van der Waals surface area contributed by atoms with Gasteiger partial charge in [-0.05, 0) is 37.0 Å². The lowest BCUT2D eigenvalue weighted by molar-refractivity contribution is 0.327. The molecule has 1 heterocycles. The van der Waals surface area contributed by atoms with Crippen LogP contribution in [0.25, 0.3) is 0 Å². The SMILES string of the molecule is Cc1ccc(CN2CC[C@@H](N)C2)cc1C.Cl. The average molecular weight is 241 g/mol. The lowest BCUT2D eigenvalue weighted by atomic mass is 10.1. The van der Waals surface area contributed by atoms with Crippen LogP contribution in [0, 0.1) is 13.8 Å². The molecule has 1 aromatic carbocycles. The van der Waals surface area contributed by atoms with Crippen molar-refractivity contribution in [3.8, 4) is 0 Å². The van der Waals surface area contributed by atoms with Crippen molar-refractivity contribution >= 4 is 12.4 Å². The average Bonchev–Trinajstić information content (AvgIpc) is 2.58. The van der Waals surface area contributed by atoms with Gasteiger partial charge in [0.2, 0.25) is 0 Å². The number of halogens is 1. The molecule has 2 nitrogen and oxygen atoms in total. The topological polar surface area (TPSA) is 29.3 Å². The van der Waals surface area contributed by atoms with E-state index in [9.17, 15) is 0 Å². The second-order valence-corrected chi connectivity index (χ2v) is 4.70. The van der Waals surface area contributed by atoms with Gasteiger partial charge in [-0.25, -0.2) is 0 Å². The number of benzene rings is 1. The highest BCUT2D eigenvalue weighted by molar-refractivity contribution is 5.85. The van der Waals surface area contributed by atoms with E-state index in [1.165, 1.54) is 16.7 Å². The first-order valence-corrected chi connectivity index (χ1v) is 5.69. The molecule has 16 heavy (non-hydrogen) atoms. The van der Waals surface area contributed by atoms with Gasteiger partial charge < -0.3 is 5.73 Å². The van der Waals surface area contributed by atoms with Crippen molar-refractivity contribution in [3.05, 3.63) is 34.9 Å². The summed E-state index contributed by atoms with van der Waals surface area (Å²) in [6.45, 7) is 7.58. The summed E-state index contributed by atoms with van der Waals surface area (Å²) in [6.07, 6.45) is 1.14. The third-order valence-corrected chi connectivity index (χ3v) is 3.29. The molecule has 3 heteroatoms. The summed E-state index contributed by atoms with van der Waals surface area (Å²) >= 11 is 0. The Kier molecular flexibility index (Phi) is 4.78. The van der Waals surface area contributed by atoms with Crippen molar-refractivity contribution in [2.75, 3.05) is 13.1 Å². The molecule has 90 valence electrons. The van der Waals surface area contributed by atoms with E-state index in [1.807, 2.05) is 0 Å². The molecule has 0 saturated carbocycles. The number of nitrogens with zero attached hydrogens (tertiary/aromatic N) is 1. The second kappa shape index (κ2) is 5.67. The fraction of sp³-hybridized carbons (Fsp3) is 0.538. The van der Waals surface area contributed by atoms with E-state index in [2.05, 4.69) is 36.9 Å². The van der Waals surface area contributed by atoms with Crippen LogP contribution in [0.5, 0.6) is 0 Å². The molecule has 1 saturated heterocycles. The minimum atomic E-state index is 0. The predicted octanol–water partition coefficient (Wildman–Crippen LogP) is 2.26. The fourth-order valence-corrected chi connectivity index (χ4v) is 2.17. The third kappa shape index (κ3) is 3.21. The number of aryl methyl sites for hydroxylation is 2. The Labute approximate surface area is 104 Å². The zero-order chi connectivity index (χ0) is 10.8. The molecule has 2 rings (SSSR count). The monoisotopic (exact) mass is 240 g/mol. The van der Waals surface area contributed by atoms with E-state index >= 15 is 0 Å². The van der Waals surface area contributed by atoms with E-state index in [0.717, 1.165) is 26.1 Å². The summed E-state index contributed by atoms with van der Waals surface area (Å²) in [5, 5.41) is 0. The zero-order valence-corrected chi connectivity index (χ0v) is 10.9. The molecule has 1 aliphatic heterocycles. The lowest BCUT2D eigenvalue weighted by Crippen LogP contribution is -2.26. The quantitative estimate of drug-likeness (QED) is 0.859. The molecular weight excluding hydrogens is 220 g/mol. The summed E-state index contributed by atoms with van der Waals surface area (Å²) in [7, 11) is 0. The van der Waals surface area contributed by atoms with Crippen molar-refractivity contribution in [2.24, 2.45) is 5.73 Å². The van der Waals surface area contributed by atoms with Crippen molar-refractivity contribution in [2.45, 2.75) is 32.9 Å². The van der Waals surface area contributed by atoms with Crippen molar-refractivity contribution in [3.63, 3.8) is 0 Å². The van der Waals surface area contributed by atoms with E-state index in [1.54, 1.807) is 0 Å². The molecule has 0 spiro atoms. The molecule has 0 radical (unpaired) electrons. The van der Waals surface area contributed by atoms with Gasteiger partial charge in [-0.1, -0.05) is 18.2 Å². The Morgan fingerprint density at radius 3 is 2.62 bits per heavy atom. The molecule has 1 atom stereocenters. The number of hydrogen-bond donors (Lipinski definition) is 1. The smallest absolute Gasteiger partial charge is 0.0234 e. The van der Waals surface area contributed by atoms with Crippen LogP contribution >= 0.6 is 12.4 Å². The molecule has 1 aliphatic rings. The van der Waals surface area contributed by atoms with Crippen molar-refractivity contribution in [1.82, 2.24) is 4.90 Å². The van der Waals surface area contributed by atoms with Gasteiger partial charge in [0.1, 0.15) is 0 Å². The standard InChI is InChI=1S/C13H20N2.ClH/c1-10-3-4-12(7-11(10)2)8-15-6-5-13(14)9-15;/h3-4,7,13H,5-6,8-9,14H2,1-2H3;1H/t13-;/m1./s1. The summed E-state index contributed by atoms with van der Waals surface area (Å²) < 4.78 is 0. The number of nitrogens with two attached hydrogens (primary N) is 1. The highest BCUT2D eigenvalue weighted by atomic mass is 35.5. The van der Waals surface area contributed by atoms with Gasteiger partial charge >= 0.3 is 0 Å². The van der Waals surface area contributed by atoms with E-state index in [-0.39, 0.29) is 12.4 Å². The van der Waals surface area contributed by atoms with Crippen LogP contribution in [0.15, 0.2) is 18.2 Å². The number of rotatable bonds is 2. The summed E-state index contributed by atoms with van der Waals surface area (Å²) in [6, 6.07) is 7.11. The van der Waals surface area contributed by atoms with Gasteiger partial charge in [-0.3, -0.25) is 4.90 Å². The van der Waals surface area contributed by atoms with Gasteiger partial charge in [0.25, 0.3) is 0 Å². The molecule has 2 N–H and O–H groups in total. The van der Waals surface area contributed by atoms with E-state index in [4.69, 9.17) is 5.73 Å². The molecule has 0 bridgehead atoms. The van der Waals surface area contributed by atoms with Crippen LogP contribution < -0.4 is 5.73 Å². The molecule has 1 aromatic rings. The normalized spacial score (nSPS) is 20.8. The van der Waals surface area contributed by atoms with Crippen LogP contribution in [-0.4, -0.2) is 24.0 Å². The summed E-state index contributed by atoms with van der Waals surface area (Å²) in [5.41, 5.74) is 10.1. The number of hydrogen-bond acceptors (Lipinski definition) is 2. The maximum Gasteiger partial charge on any atom is 0.0234 e. The van der Waals surface area contributed by atoms with Crippen molar-refractivity contribution < 1.29 is 0 Å². The third-order valence-electron chi connectivity index (χ3n) is 3.29. The van der Waals surface area contributed by atoms with E-state index in [0.29, 0.717) is 6.04 Å². The summed E-state index contributed by atoms with van der Waals surface area (Å²) in [5.74, 6) is 0. The lowest BCUT2D eigenvalue weighted by Gasteiger charge is -2.15. The van der Waals surface area contributed by atoms with Gasteiger partial charge in [0.15, 0.2) is 0 Å². The minimum Gasteiger partial charge on any atom is -0.326 e. The first-order chi connectivity index (χ1) is 7.15. The first-order valence-electron chi connectivity index (χ1n) is 5.69. The number of likely N-dealkylation sites (tertiary alicyclic amines) is 1. The zero-order valence-electron chi connectivity index (χ0n) is 10.1. The Morgan fingerprint density at radius 2 is 2.06 bits per heavy atom. The minimum absolute atomic E-state index is 0. The van der Waals surface area contributed by atoms with Crippen LogP contribution in [0.1, 0.15) is 23.1 Å². The van der Waals surface area contributed by atoms with Gasteiger partial charge in [0.05, 0.1) is 0 Å². The summed E-state index contributed by atoms with van der Waals surface area (Å²) in [4.78, 5) is 2.44. The Bertz CT molecular complexity index is 352. The molecule has 1 fully saturated rings. The first kappa shape index (κ1) is 13.5. The molecule has 0 aliphatic carbocycles. The van der Waals surface area contributed by atoms with Gasteiger partial charge in [-0.2, -0.15) is 0 Å². The highest BCUT2D eigenvalue weighted by Crippen LogP contribution is 2.15. The molecular formula is C13H21ClN2. The largest absolute Gasteiger partial charge is 0.326 e. The molecule has 0 amide bonds. The Balaban J connectivity index is 0.00000128. The maximum absolute atomic E-state index is 5.89. The van der Waals surface area contributed by atoms with Crippen LogP contribution in [0.2, 0.25) is 0 Å². The van der Waals surface area contributed by atoms with Crippen molar-refractivity contribution in [1.29, 1.82) is 0 Å². The van der Waals surface area contributed by atoms with Crippen LogP contribution in [-0.2, 0) is 6.54 Å². The highest BCUT2D eigenvalue weighted by Gasteiger charge is 2.18.